The molecule has 2 unspecified atom stereocenters. The van der Waals surface area contributed by atoms with E-state index >= 15 is 0 Å². The van der Waals surface area contributed by atoms with E-state index in [4.69, 9.17) is 10.5 Å². The molecule has 2 heterocycles. The molecule has 0 spiro atoms. The largest absolute Gasteiger partial charge is 0.457 e. The van der Waals surface area contributed by atoms with Crippen molar-refractivity contribution in [2.75, 3.05) is 6.54 Å². The molecule has 5 nitrogen and oxygen atoms in total. The molecule has 154 valence electrons. The Kier molecular flexibility index (Phi) is 5.81. The summed E-state index contributed by atoms with van der Waals surface area (Å²) >= 11 is 1.50. The van der Waals surface area contributed by atoms with Crippen LogP contribution < -0.4 is 10.5 Å². The summed E-state index contributed by atoms with van der Waals surface area (Å²) in [5, 5.41) is 1.93. The zero-order chi connectivity index (χ0) is 21.1. The zero-order valence-electron chi connectivity index (χ0n) is 16.2. The number of carbonyl (C=O) groups excluding carboxylic acids is 2. The van der Waals surface area contributed by atoms with E-state index in [1.54, 1.807) is 29.2 Å². The highest BCUT2D eigenvalue weighted by Gasteiger charge is 2.37. The molecule has 1 fully saturated rings. The van der Waals surface area contributed by atoms with Crippen LogP contribution in [0.15, 0.2) is 66.0 Å². The number of nitrogens with zero attached hydrogens (tertiary/aromatic N) is 1. The number of primary amides is 1. The summed E-state index contributed by atoms with van der Waals surface area (Å²) in [6.07, 6.45) is 1.36. The molecule has 7 heteroatoms. The second-order valence-corrected chi connectivity index (χ2v) is 8.14. The van der Waals surface area contributed by atoms with Gasteiger partial charge in [-0.2, -0.15) is 0 Å². The molecule has 1 aliphatic heterocycles. The average Bonchev–Trinajstić information content (AvgIpc) is 3.43. The lowest BCUT2D eigenvalue weighted by atomic mass is 9.95. The summed E-state index contributed by atoms with van der Waals surface area (Å²) in [7, 11) is 0. The lowest BCUT2D eigenvalue weighted by molar-refractivity contribution is -0.137. The van der Waals surface area contributed by atoms with Gasteiger partial charge in [0, 0.05) is 11.4 Å². The second kappa shape index (κ2) is 8.67. The number of rotatable bonds is 6. The van der Waals surface area contributed by atoms with Crippen molar-refractivity contribution >= 4 is 23.2 Å². The predicted molar refractivity (Wildman–Crippen MR) is 113 cm³/mol. The number of carbonyl (C=O) groups is 2. The van der Waals surface area contributed by atoms with Crippen LogP contribution in [0.25, 0.3) is 0 Å². The van der Waals surface area contributed by atoms with E-state index in [2.05, 4.69) is 0 Å². The summed E-state index contributed by atoms with van der Waals surface area (Å²) in [5.41, 5.74) is 6.33. The highest BCUT2D eigenvalue weighted by atomic mass is 32.1. The highest BCUT2D eigenvalue weighted by molar-refractivity contribution is 7.10. The smallest absolute Gasteiger partial charge is 0.240 e. The molecule has 2 atom stereocenters. The molecule has 1 aromatic heterocycles. The zero-order valence-corrected chi connectivity index (χ0v) is 17.0. The summed E-state index contributed by atoms with van der Waals surface area (Å²) in [6.45, 7) is 0.528. The van der Waals surface area contributed by atoms with Crippen molar-refractivity contribution in [3.63, 3.8) is 0 Å². The van der Waals surface area contributed by atoms with Gasteiger partial charge in [0.2, 0.25) is 11.8 Å². The molecule has 0 aliphatic carbocycles. The number of hydrogen-bond donors (Lipinski definition) is 1. The van der Waals surface area contributed by atoms with Crippen LogP contribution in [0.1, 0.15) is 29.2 Å². The number of thiophene rings is 1. The standard InChI is InChI=1S/C23H21FN2O3S/c24-16-7-11-18(12-8-16)29-17-9-5-15(6-10-17)21(20-4-2-14-30-20)23(28)26-13-1-3-19(26)22(25)27/h2,4-12,14,19,21H,1,3,13H2,(H2,25,27). The van der Waals surface area contributed by atoms with Crippen LogP contribution in [0.5, 0.6) is 11.5 Å². The quantitative estimate of drug-likeness (QED) is 0.642. The van der Waals surface area contributed by atoms with Gasteiger partial charge in [-0.05, 0) is 66.2 Å². The van der Waals surface area contributed by atoms with Crippen molar-refractivity contribution in [1.82, 2.24) is 4.90 Å². The molecule has 1 saturated heterocycles. The Morgan fingerprint density at radius 2 is 1.73 bits per heavy atom. The first-order valence-electron chi connectivity index (χ1n) is 9.69. The third-order valence-electron chi connectivity index (χ3n) is 5.20. The molecule has 2 amide bonds. The first kappa shape index (κ1) is 20.1. The maximum absolute atomic E-state index is 13.4. The molecular weight excluding hydrogens is 403 g/mol. The van der Waals surface area contributed by atoms with E-state index in [1.807, 2.05) is 29.6 Å². The van der Waals surface area contributed by atoms with Crippen molar-refractivity contribution in [3.8, 4) is 11.5 Å². The van der Waals surface area contributed by atoms with Crippen molar-refractivity contribution in [3.05, 3.63) is 82.3 Å². The number of amides is 2. The number of nitrogens with two attached hydrogens (primary N) is 1. The third-order valence-corrected chi connectivity index (χ3v) is 6.14. The molecule has 0 radical (unpaired) electrons. The molecule has 2 aromatic carbocycles. The molecule has 4 rings (SSSR count). The minimum atomic E-state index is -0.555. The number of hydrogen-bond acceptors (Lipinski definition) is 4. The number of ether oxygens (including phenoxy) is 1. The fraction of sp³-hybridized carbons (Fsp3) is 0.217. The Hall–Kier alpha value is -3.19. The molecule has 2 N–H and O–H groups in total. The summed E-state index contributed by atoms with van der Waals surface area (Å²) < 4.78 is 18.8. The van der Waals surface area contributed by atoms with E-state index in [1.165, 1.54) is 23.5 Å². The lowest BCUT2D eigenvalue weighted by Crippen LogP contribution is -2.45. The molecule has 0 saturated carbocycles. The normalized spacial score (nSPS) is 17.0. The number of likely N-dealkylation sites (tertiary alicyclic amines) is 1. The van der Waals surface area contributed by atoms with Gasteiger partial charge >= 0.3 is 0 Å². The van der Waals surface area contributed by atoms with Crippen LogP contribution in [0.4, 0.5) is 4.39 Å². The van der Waals surface area contributed by atoms with Crippen LogP contribution in [0, 0.1) is 5.82 Å². The first-order chi connectivity index (χ1) is 14.5. The predicted octanol–water partition coefficient (Wildman–Crippen LogP) is 4.29. The highest BCUT2D eigenvalue weighted by Crippen LogP contribution is 2.34. The molecule has 1 aliphatic rings. The Morgan fingerprint density at radius 1 is 1.07 bits per heavy atom. The maximum Gasteiger partial charge on any atom is 0.240 e. The van der Waals surface area contributed by atoms with E-state index in [0.29, 0.717) is 24.5 Å². The second-order valence-electron chi connectivity index (χ2n) is 7.17. The van der Waals surface area contributed by atoms with Gasteiger partial charge in [0.05, 0.1) is 5.92 Å². The Balaban J connectivity index is 1.59. The maximum atomic E-state index is 13.4. The SMILES string of the molecule is NC(=O)C1CCCN1C(=O)C(c1ccc(Oc2ccc(F)cc2)cc1)c1cccs1. The minimum absolute atomic E-state index is 0.119. The number of halogens is 1. The van der Waals surface area contributed by atoms with Crippen molar-refractivity contribution in [2.24, 2.45) is 5.73 Å². The monoisotopic (exact) mass is 424 g/mol. The number of benzene rings is 2. The van der Waals surface area contributed by atoms with Crippen LogP contribution in [0.2, 0.25) is 0 Å². The van der Waals surface area contributed by atoms with Crippen LogP contribution in [0.3, 0.4) is 0 Å². The van der Waals surface area contributed by atoms with Gasteiger partial charge in [0.1, 0.15) is 23.4 Å². The van der Waals surface area contributed by atoms with Crippen LogP contribution in [-0.4, -0.2) is 29.3 Å². The van der Waals surface area contributed by atoms with Gasteiger partial charge in [-0.15, -0.1) is 11.3 Å². The van der Waals surface area contributed by atoms with Gasteiger partial charge in [-0.25, -0.2) is 4.39 Å². The third kappa shape index (κ3) is 4.21. The lowest BCUT2D eigenvalue weighted by Gasteiger charge is -2.27. The van der Waals surface area contributed by atoms with Crippen LogP contribution >= 0.6 is 11.3 Å². The van der Waals surface area contributed by atoms with Crippen molar-refractivity contribution in [1.29, 1.82) is 0 Å². The van der Waals surface area contributed by atoms with Gasteiger partial charge in [0.25, 0.3) is 0 Å². The van der Waals surface area contributed by atoms with Gasteiger partial charge in [-0.1, -0.05) is 18.2 Å². The molecule has 30 heavy (non-hydrogen) atoms. The van der Waals surface area contributed by atoms with Crippen LogP contribution in [-0.2, 0) is 9.59 Å². The summed E-state index contributed by atoms with van der Waals surface area (Å²) in [4.78, 5) is 27.7. The average molecular weight is 424 g/mol. The van der Waals surface area contributed by atoms with Crippen molar-refractivity contribution < 1.29 is 18.7 Å². The summed E-state index contributed by atoms with van der Waals surface area (Å²) in [6, 6.07) is 16.3. The Labute approximate surface area is 177 Å². The molecular formula is C23H21FN2O3S. The molecule has 3 aromatic rings. The van der Waals surface area contributed by atoms with Gasteiger partial charge in [0.15, 0.2) is 0 Å². The molecule has 0 bridgehead atoms. The van der Waals surface area contributed by atoms with Gasteiger partial charge in [-0.3, -0.25) is 9.59 Å². The van der Waals surface area contributed by atoms with E-state index in [0.717, 1.165) is 16.9 Å². The van der Waals surface area contributed by atoms with E-state index in [9.17, 15) is 14.0 Å². The summed E-state index contributed by atoms with van der Waals surface area (Å²) in [5.74, 6) is -0.314. The minimum Gasteiger partial charge on any atom is -0.457 e. The first-order valence-corrected chi connectivity index (χ1v) is 10.6. The Morgan fingerprint density at radius 3 is 2.33 bits per heavy atom. The fourth-order valence-corrected chi connectivity index (χ4v) is 4.59. The topological polar surface area (TPSA) is 72.6 Å². The van der Waals surface area contributed by atoms with E-state index < -0.39 is 17.9 Å². The van der Waals surface area contributed by atoms with Crippen molar-refractivity contribution in [2.45, 2.75) is 24.8 Å². The Bertz CT molecular complexity index is 1020. The van der Waals surface area contributed by atoms with Gasteiger partial charge < -0.3 is 15.4 Å². The van der Waals surface area contributed by atoms with E-state index in [-0.39, 0.29) is 11.7 Å². The fourth-order valence-electron chi connectivity index (χ4n) is 3.74.